The summed E-state index contributed by atoms with van der Waals surface area (Å²) in [6.07, 6.45) is 1.01. The highest BCUT2D eigenvalue weighted by Gasteiger charge is 2.41. The molecule has 0 saturated carbocycles. The second-order valence-electron chi connectivity index (χ2n) is 3.20. The summed E-state index contributed by atoms with van der Waals surface area (Å²) in [5.41, 5.74) is 1.07. The molecule has 0 radical (unpaired) electrons. The lowest BCUT2D eigenvalue weighted by atomic mass is 10.3. The fourth-order valence-corrected chi connectivity index (χ4v) is 2.81. The first kappa shape index (κ1) is 11.4. The van der Waals surface area contributed by atoms with Gasteiger partial charge in [-0.1, -0.05) is 32.5 Å². The van der Waals surface area contributed by atoms with E-state index in [4.69, 9.17) is 0 Å². The summed E-state index contributed by atoms with van der Waals surface area (Å²) < 4.78 is 13.6. The van der Waals surface area contributed by atoms with E-state index in [-0.39, 0.29) is 7.43 Å². The van der Waals surface area contributed by atoms with Gasteiger partial charge in [0.25, 0.3) is 0 Å². The van der Waals surface area contributed by atoms with Crippen molar-refractivity contribution in [3.05, 3.63) is 30.3 Å². The minimum Gasteiger partial charge on any atom is -0.593 e. The van der Waals surface area contributed by atoms with Crippen molar-refractivity contribution in [2.45, 2.75) is 26.0 Å². The Labute approximate surface area is 89.2 Å². The maximum atomic E-state index is 11.6. The van der Waals surface area contributed by atoms with E-state index in [2.05, 4.69) is 6.92 Å². The van der Waals surface area contributed by atoms with E-state index in [1.165, 1.54) is 0 Å². The van der Waals surface area contributed by atoms with Gasteiger partial charge < -0.3 is 4.55 Å². The number of anilines is 1. The second kappa shape index (κ2) is 4.71. The fourth-order valence-electron chi connectivity index (χ4n) is 1.49. The van der Waals surface area contributed by atoms with Crippen LogP contribution in [0.3, 0.4) is 0 Å². The maximum Gasteiger partial charge on any atom is 0.162 e. The predicted molar refractivity (Wildman–Crippen MR) is 62.7 cm³/mol. The zero-order valence-corrected chi connectivity index (χ0v) is 8.46. The van der Waals surface area contributed by atoms with Crippen molar-refractivity contribution in [1.29, 1.82) is 0 Å². The summed E-state index contributed by atoms with van der Waals surface area (Å²) in [7, 11) is 0. The number of rotatable bonds is 2. The molecule has 0 spiro atoms. The molecule has 0 N–H and O–H groups in total. The molecule has 1 fully saturated rings. The highest BCUT2D eigenvalue weighted by atomic mass is 32.2. The minimum absolute atomic E-state index is 0. The zero-order valence-electron chi connectivity index (χ0n) is 7.64. The summed E-state index contributed by atoms with van der Waals surface area (Å²) in [5.74, 6) is 0. The van der Waals surface area contributed by atoms with Crippen LogP contribution in [0.2, 0.25) is 0 Å². The molecule has 1 aliphatic heterocycles. The molecule has 0 bridgehead atoms. The number of nitrogens with zero attached hydrogens (tertiary/aromatic N) is 1. The quantitative estimate of drug-likeness (QED) is 0.703. The number of benzene rings is 1. The summed E-state index contributed by atoms with van der Waals surface area (Å²) >= 11 is -0.785. The van der Waals surface area contributed by atoms with Crippen molar-refractivity contribution in [2.24, 2.45) is 0 Å². The van der Waals surface area contributed by atoms with Crippen LogP contribution in [0.5, 0.6) is 0 Å². The molecule has 1 saturated heterocycles. The highest BCUT2D eigenvalue weighted by Crippen LogP contribution is 2.30. The van der Waals surface area contributed by atoms with Crippen LogP contribution in [0.1, 0.15) is 20.8 Å². The van der Waals surface area contributed by atoms with Gasteiger partial charge in [0, 0.05) is 0 Å². The Kier molecular flexibility index (Phi) is 3.84. The molecule has 14 heavy (non-hydrogen) atoms. The van der Waals surface area contributed by atoms with E-state index < -0.39 is 11.4 Å². The molecule has 0 aliphatic carbocycles. The predicted octanol–water partition coefficient (Wildman–Crippen LogP) is 2.59. The largest absolute Gasteiger partial charge is 0.593 e. The summed E-state index contributed by atoms with van der Waals surface area (Å²) in [4.78, 5) is 0. The first-order valence-electron chi connectivity index (χ1n) is 4.56. The van der Waals surface area contributed by atoms with Crippen molar-refractivity contribution < 1.29 is 4.55 Å². The van der Waals surface area contributed by atoms with Crippen LogP contribution in [-0.4, -0.2) is 16.3 Å². The maximum absolute atomic E-state index is 11.6. The van der Waals surface area contributed by atoms with Gasteiger partial charge in [-0.25, -0.2) is 0 Å². The van der Waals surface area contributed by atoms with E-state index in [0.29, 0.717) is 5.25 Å². The first-order chi connectivity index (χ1) is 6.33. The van der Waals surface area contributed by atoms with E-state index in [1.807, 2.05) is 34.6 Å². The summed E-state index contributed by atoms with van der Waals surface area (Å²) in [6, 6.07) is 9.94. The molecule has 1 aromatic carbocycles. The van der Waals surface area contributed by atoms with Gasteiger partial charge in [0.15, 0.2) is 5.25 Å². The van der Waals surface area contributed by atoms with Gasteiger partial charge in [-0.2, -0.15) is 4.31 Å². The molecule has 1 heterocycles. The normalized spacial score (nSPS) is 25.1. The molecular formula is C11H17NOS. The lowest BCUT2D eigenvalue weighted by Gasteiger charge is -2.40. The van der Waals surface area contributed by atoms with E-state index in [0.717, 1.165) is 18.7 Å². The van der Waals surface area contributed by atoms with Crippen LogP contribution >= 0.6 is 0 Å². The monoisotopic (exact) mass is 211 g/mol. The topological polar surface area (TPSA) is 26.3 Å². The van der Waals surface area contributed by atoms with Crippen molar-refractivity contribution >= 4 is 17.0 Å². The molecular weight excluding hydrogens is 194 g/mol. The third-order valence-electron chi connectivity index (χ3n) is 2.37. The fraction of sp³-hybridized carbons (Fsp3) is 0.455. The second-order valence-corrected chi connectivity index (χ2v) is 4.86. The third-order valence-corrected chi connectivity index (χ3v) is 4.22. The number of hydrogen-bond acceptors (Lipinski definition) is 2. The average Bonchev–Trinajstić information content (AvgIpc) is 2.18. The van der Waals surface area contributed by atoms with E-state index in [1.54, 1.807) is 0 Å². The standard InChI is InChI=1S/C10H13NOS.CH4/c1-2-10-8-11(13(10)12)9-6-4-3-5-7-9;/h3-7,10H,2,8H2,1H3;1H4. The molecule has 2 unspecified atom stereocenters. The van der Waals surface area contributed by atoms with Crippen LogP contribution in [0.4, 0.5) is 5.69 Å². The summed E-state index contributed by atoms with van der Waals surface area (Å²) in [5, 5.41) is 0.375. The van der Waals surface area contributed by atoms with Gasteiger partial charge in [-0.05, 0) is 18.6 Å². The smallest absolute Gasteiger partial charge is 0.162 e. The van der Waals surface area contributed by atoms with Crippen LogP contribution < -0.4 is 4.31 Å². The van der Waals surface area contributed by atoms with Crippen LogP contribution in [-0.2, 0) is 11.4 Å². The molecule has 1 aliphatic rings. The van der Waals surface area contributed by atoms with Gasteiger partial charge in [0.05, 0.1) is 17.0 Å². The summed E-state index contributed by atoms with van der Waals surface area (Å²) in [6.45, 7) is 3.03. The number of para-hydroxylation sites is 1. The first-order valence-corrected chi connectivity index (χ1v) is 5.73. The van der Waals surface area contributed by atoms with Crippen molar-refractivity contribution in [3.63, 3.8) is 0 Å². The molecule has 2 atom stereocenters. The van der Waals surface area contributed by atoms with Crippen molar-refractivity contribution in [1.82, 2.24) is 0 Å². The molecule has 0 amide bonds. The van der Waals surface area contributed by atoms with Crippen LogP contribution in [0, 0.1) is 0 Å². The lowest BCUT2D eigenvalue weighted by Crippen LogP contribution is -2.55. The molecule has 78 valence electrons. The zero-order chi connectivity index (χ0) is 9.26. The molecule has 3 heteroatoms. The van der Waals surface area contributed by atoms with Crippen LogP contribution in [0.25, 0.3) is 0 Å². The Balaban J connectivity index is 0.000000980. The SMILES string of the molecule is C.CCC1CN(c2ccccc2)[S+]1[O-]. The Morgan fingerprint density at radius 2 is 2.07 bits per heavy atom. The Bertz CT molecular complexity index is 278. The molecule has 1 aromatic rings. The third kappa shape index (κ3) is 1.88. The van der Waals surface area contributed by atoms with Gasteiger partial charge >= 0.3 is 0 Å². The van der Waals surface area contributed by atoms with Gasteiger partial charge in [0.2, 0.25) is 0 Å². The minimum atomic E-state index is -0.785. The molecule has 2 nitrogen and oxygen atoms in total. The van der Waals surface area contributed by atoms with Gasteiger partial charge in [-0.3, -0.25) is 0 Å². The lowest BCUT2D eigenvalue weighted by molar-refractivity contribution is 0.544. The Morgan fingerprint density at radius 3 is 2.57 bits per heavy atom. The van der Waals surface area contributed by atoms with E-state index >= 15 is 0 Å². The highest BCUT2D eigenvalue weighted by molar-refractivity contribution is 7.95. The van der Waals surface area contributed by atoms with Crippen LogP contribution in [0.15, 0.2) is 30.3 Å². The molecule has 2 rings (SSSR count). The van der Waals surface area contributed by atoms with Gasteiger partial charge in [0.1, 0.15) is 6.54 Å². The van der Waals surface area contributed by atoms with E-state index in [9.17, 15) is 4.55 Å². The Morgan fingerprint density at radius 1 is 1.43 bits per heavy atom. The molecule has 0 aromatic heterocycles. The van der Waals surface area contributed by atoms with Crippen molar-refractivity contribution in [3.8, 4) is 0 Å². The number of hydrogen-bond donors (Lipinski definition) is 0. The Hall–Kier alpha value is -0.670. The average molecular weight is 211 g/mol. The van der Waals surface area contributed by atoms with Crippen molar-refractivity contribution in [2.75, 3.05) is 10.8 Å². The van der Waals surface area contributed by atoms with Gasteiger partial charge in [-0.15, -0.1) is 0 Å².